The number of amides is 1. The highest BCUT2D eigenvalue weighted by Gasteiger charge is 2.23. The summed E-state index contributed by atoms with van der Waals surface area (Å²) < 4.78 is 0. The Morgan fingerprint density at radius 1 is 1.14 bits per heavy atom. The van der Waals surface area contributed by atoms with Crippen LogP contribution in [-0.2, 0) is 11.2 Å². The predicted molar refractivity (Wildman–Crippen MR) is 122 cm³/mol. The molecule has 1 amide bonds. The van der Waals surface area contributed by atoms with Crippen LogP contribution >= 0.6 is 23.1 Å². The van der Waals surface area contributed by atoms with E-state index in [1.807, 2.05) is 22.7 Å². The van der Waals surface area contributed by atoms with Crippen LogP contribution in [0.25, 0.3) is 10.2 Å². The molecule has 5 nitrogen and oxygen atoms in total. The van der Waals surface area contributed by atoms with Crippen LogP contribution in [0.5, 0.6) is 0 Å². The van der Waals surface area contributed by atoms with Crippen molar-refractivity contribution in [3.63, 3.8) is 0 Å². The third-order valence-corrected chi connectivity index (χ3v) is 7.47. The van der Waals surface area contributed by atoms with Crippen molar-refractivity contribution in [2.45, 2.75) is 31.1 Å². The van der Waals surface area contributed by atoms with E-state index in [4.69, 9.17) is 0 Å². The maximum atomic E-state index is 12.6. The van der Waals surface area contributed by atoms with E-state index in [2.05, 4.69) is 52.1 Å². The van der Waals surface area contributed by atoms with Gasteiger partial charge in [0.2, 0.25) is 5.91 Å². The molecule has 7 heteroatoms. The van der Waals surface area contributed by atoms with Crippen LogP contribution in [0.2, 0.25) is 0 Å². The summed E-state index contributed by atoms with van der Waals surface area (Å²) in [4.78, 5) is 29.5. The van der Waals surface area contributed by atoms with Crippen molar-refractivity contribution >= 4 is 45.0 Å². The van der Waals surface area contributed by atoms with Crippen molar-refractivity contribution in [3.8, 4) is 0 Å². The third-order valence-electron chi connectivity index (χ3n) is 5.19. The summed E-state index contributed by atoms with van der Waals surface area (Å²) in [6.07, 6.45) is 4.22. The van der Waals surface area contributed by atoms with E-state index < -0.39 is 0 Å². The number of thiophene rings is 1. The van der Waals surface area contributed by atoms with Crippen molar-refractivity contribution in [1.82, 2.24) is 14.9 Å². The molecule has 1 aliphatic heterocycles. The highest BCUT2D eigenvalue weighted by atomic mass is 32.2. The number of anilines is 1. The molecule has 1 saturated heterocycles. The number of fused-ring (bicyclic) bond motifs is 1. The van der Waals surface area contributed by atoms with Gasteiger partial charge in [-0.2, -0.15) is 0 Å². The summed E-state index contributed by atoms with van der Waals surface area (Å²) in [6, 6.07) is 12.6. The smallest absolute Gasteiger partial charge is 0.222 e. The summed E-state index contributed by atoms with van der Waals surface area (Å²) in [5, 5.41) is 1.15. The summed E-state index contributed by atoms with van der Waals surface area (Å²) in [6.45, 7) is 5.35. The Morgan fingerprint density at radius 2 is 1.93 bits per heavy atom. The number of hydrogen-bond acceptors (Lipinski definition) is 6. The summed E-state index contributed by atoms with van der Waals surface area (Å²) in [7, 11) is 0. The minimum Gasteiger partial charge on any atom is -0.352 e. The zero-order valence-corrected chi connectivity index (χ0v) is 18.3. The Kier molecular flexibility index (Phi) is 6.67. The number of nitrogens with zero attached hydrogens (tertiary/aromatic N) is 4. The lowest BCUT2D eigenvalue weighted by Gasteiger charge is -2.35. The zero-order chi connectivity index (χ0) is 20.1. The van der Waals surface area contributed by atoms with Crippen molar-refractivity contribution in [2.75, 3.05) is 36.8 Å². The minimum atomic E-state index is 0.273. The van der Waals surface area contributed by atoms with Gasteiger partial charge in [-0.05, 0) is 36.8 Å². The molecule has 3 heterocycles. The molecule has 0 N–H and O–H groups in total. The molecular weight excluding hydrogens is 400 g/mol. The summed E-state index contributed by atoms with van der Waals surface area (Å²) in [5.41, 5.74) is 0. The average molecular weight is 427 g/mol. The number of rotatable bonds is 7. The quantitative estimate of drug-likeness (QED) is 0.412. The molecule has 3 aromatic rings. The normalized spacial score (nSPS) is 14.5. The van der Waals surface area contributed by atoms with Crippen LogP contribution in [0.1, 0.15) is 24.6 Å². The van der Waals surface area contributed by atoms with E-state index in [-0.39, 0.29) is 5.91 Å². The number of thioether (sulfide) groups is 1. The van der Waals surface area contributed by atoms with Gasteiger partial charge >= 0.3 is 0 Å². The van der Waals surface area contributed by atoms with Crippen LogP contribution in [0, 0.1) is 0 Å². The Balaban J connectivity index is 1.27. The second-order valence-corrected chi connectivity index (χ2v) is 9.40. The van der Waals surface area contributed by atoms with Gasteiger partial charge in [0.15, 0.2) is 0 Å². The Bertz CT molecular complexity index is 952. The minimum absolute atomic E-state index is 0.273. The van der Waals surface area contributed by atoms with Crippen molar-refractivity contribution in [3.05, 3.63) is 47.6 Å². The second kappa shape index (κ2) is 9.59. The maximum absolute atomic E-state index is 12.6. The Labute approximate surface area is 180 Å². The monoisotopic (exact) mass is 426 g/mol. The van der Waals surface area contributed by atoms with Crippen LogP contribution < -0.4 is 4.90 Å². The van der Waals surface area contributed by atoms with Crippen molar-refractivity contribution in [2.24, 2.45) is 0 Å². The average Bonchev–Trinajstić information content (AvgIpc) is 3.21. The van der Waals surface area contributed by atoms with E-state index in [9.17, 15) is 4.79 Å². The molecule has 152 valence electrons. The van der Waals surface area contributed by atoms with E-state index in [0.717, 1.165) is 60.8 Å². The van der Waals surface area contributed by atoms with E-state index >= 15 is 0 Å². The molecule has 0 radical (unpaired) electrons. The van der Waals surface area contributed by atoms with Gasteiger partial charge < -0.3 is 9.80 Å². The molecule has 0 atom stereocenters. The molecule has 1 fully saturated rings. The molecule has 0 bridgehead atoms. The fraction of sp³-hybridized carbons (Fsp3) is 0.409. The number of benzene rings is 1. The third kappa shape index (κ3) is 4.90. The summed E-state index contributed by atoms with van der Waals surface area (Å²) in [5.74, 6) is 2.26. The highest BCUT2D eigenvalue weighted by molar-refractivity contribution is 7.99. The molecule has 1 aromatic carbocycles. The molecule has 4 rings (SSSR count). The number of carbonyl (C=O) groups is 1. The van der Waals surface area contributed by atoms with Gasteiger partial charge in [0.05, 0.1) is 5.39 Å². The van der Waals surface area contributed by atoms with Crippen molar-refractivity contribution < 1.29 is 4.79 Å². The molecule has 0 spiro atoms. The fourth-order valence-corrected chi connectivity index (χ4v) is 5.38. The van der Waals surface area contributed by atoms with Gasteiger partial charge in [-0.25, -0.2) is 9.97 Å². The molecule has 0 aliphatic carbocycles. The molecule has 0 saturated carbocycles. The molecular formula is C22H26N4OS2. The van der Waals surface area contributed by atoms with Crippen LogP contribution in [0.15, 0.2) is 47.6 Å². The van der Waals surface area contributed by atoms with Gasteiger partial charge in [0.25, 0.3) is 0 Å². The van der Waals surface area contributed by atoms with Crippen molar-refractivity contribution in [1.29, 1.82) is 0 Å². The van der Waals surface area contributed by atoms with Gasteiger partial charge in [-0.15, -0.1) is 23.1 Å². The first-order valence-electron chi connectivity index (χ1n) is 10.2. The van der Waals surface area contributed by atoms with Crippen LogP contribution in [0.4, 0.5) is 5.82 Å². The number of hydrogen-bond donors (Lipinski definition) is 0. The van der Waals surface area contributed by atoms with Gasteiger partial charge in [0, 0.05) is 42.4 Å². The SMILES string of the molecule is CCc1cc2c(N3CCN(C(=O)CCCSc4ccccc4)CC3)ncnc2s1. The highest BCUT2D eigenvalue weighted by Crippen LogP contribution is 2.31. The number of aromatic nitrogens is 2. The first-order chi connectivity index (χ1) is 14.2. The van der Waals surface area contributed by atoms with Crippen LogP contribution in [-0.4, -0.2) is 52.7 Å². The van der Waals surface area contributed by atoms with Crippen LogP contribution in [0.3, 0.4) is 0 Å². The fourth-order valence-electron chi connectivity index (χ4n) is 3.58. The molecule has 0 unspecified atom stereocenters. The number of piperazine rings is 1. The molecule has 2 aromatic heterocycles. The van der Waals surface area contributed by atoms with Gasteiger partial charge in [-0.3, -0.25) is 4.79 Å². The van der Waals surface area contributed by atoms with Gasteiger partial charge in [-0.1, -0.05) is 25.1 Å². The predicted octanol–water partition coefficient (Wildman–Crippen LogP) is 4.47. The van der Waals surface area contributed by atoms with Gasteiger partial charge in [0.1, 0.15) is 17.0 Å². The second-order valence-electron chi connectivity index (χ2n) is 7.12. The standard InChI is InChI=1S/C22H26N4OS2/c1-2-17-15-19-21(23-16-24-22(19)29-17)26-12-10-25(11-13-26)20(27)9-6-14-28-18-7-4-3-5-8-18/h3-5,7-8,15-16H,2,6,9-14H2,1H3. The maximum Gasteiger partial charge on any atom is 0.222 e. The lowest BCUT2D eigenvalue weighted by atomic mass is 10.2. The first-order valence-corrected chi connectivity index (χ1v) is 12.0. The molecule has 29 heavy (non-hydrogen) atoms. The number of aryl methyl sites for hydroxylation is 1. The van der Waals surface area contributed by atoms with E-state index in [0.29, 0.717) is 6.42 Å². The molecule has 1 aliphatic rings. The topological polar surface area (TPSA) is 49.3 Å². The lowest BCUT2D eigenvalue weighted by molar-refractivity contribution is -0.131. The Morgan fingerprint density at radius 3 is 2.69 bits per heavy atom. The van der Waals surface area contributed by atoms with E-state index in [1.54, 1.807) is 17.7 Å². The lowest BCUT2D eigenvalue weighted by Crippen LogP contribution is -2.49. The summed E-state index contributed by atoms with van der Waals surface area (Å²) >= 11 is 3.57. The Hall–Kier alpha value is -2.12. The largest absolute Gasteiger partial charge is 0.352 e. The van der Waals surface area contributed by atoms with E-state index in [1.165, 1.54) is 9.77 Å². The first kappa shape index (κ1) is 20.2. The zero-order valence-electron chi connectivity index (χ0n) is 16.7. The number of carbonyl (C=O) groups excluding carboxylic acids is 1.